The minimum Gasteiger partial charge on any atom is -0.338 e. The molecule has 1 saturated heterocycles. The first-order valence-corrected chi connectivity index (χ1v) is 10.6. The first-order chi connectivity index (χ1) is 13.7. The molecule has 2 aromatic heterocycles. The summed E-state index contributed by atoms with van der Waals surface area (Å²) in [6.45, 7) is 4.32. The van der Waals surface area contributed by atoms with Crippen molar-refractivity contribution in [2.45, 2.75) is 32.7 Å². The molecule has 1 unspecified atom stereocenters. The number of likely N-dealkylation sites (tertiary alicyclic amines) is 1. The van der Waals surface area contributed by atoms with E-state index in [2.05, 4.69) is 33.3 Å². The summed E-state index contributed by atoms with van der Waals surface area (Å²) in [7, 11) is 0. The van der Waals surface area contributed by atoms with Gasteiger partial charge in [0.2, 0.25) is 17.6 Å². The van der Waals surface area contributed by atoms with E-state index < -0.39 is 0 Å². The monoisotopic (exact) mass is 396 g/mol. The van der Waals surface area contributed by atoms with Gasteiger partial charge in [-0.3, -0.25) is 9.69 Å². The van der Waals surface area contributed by atoms with Crippen molar-refractivity contribution >= 4 is 22.9 Å². The Balaban J connectivity index is 1.37. The van der Waals surface area contributed by atoms with Gasteiger partial charge in [0.1, 0.15) is 0 Å². The first-order valence-electron chi connectivity index (χ1n) is 9.70. The Labute approximate surface area is 168 Å². The Morgan fingerprint density at radius 2 is 2.21 bits per heavy atom. The molecule has 1 aliphatic heterocycles. The van der Waals surface area contributed by atoms with Crippen molar-refractivity contribution in [3.05, 3.63) is 53.2 Å². The molecule has 0 radical (unpaired) electrons. The lowest BCUT2D eigenvalue weighted by Gasteiger charge is -2.31. The molecule has 0 saturated carbocycles. The molecule has 1 atom stereocenters. The molecule has 7 heteroatoms. The lowest BCUT2D eigenvalue weighted by Crippen LogP contribution is -2.40. The van der Waals surface area contributed by atoms with Crippen LogP contribution >= 0.6 is 11.3 Å². The third-order valence-corrected chi connectivity index (χ3v) is 5.97. The number of carbonyl (C=O) groups is 1. The fraction of sp³-hybridized carbons (Fsp3) is 0.381. The molecule has 1 fully saturated rings. The smallest absolute Gasteiger partial charge is 0.241 e. The second-order valence-corrected chi connectivity index (χ2v) is 8.01. The highest BCUT2D eigenvalue weighted by Gasteiger charge is 2.27. The zero-order chi connectivity index (χ0) is 19.3. The molecule has 0 bridgehead atoms. The molecule has 3 heterocycles. The number of benzene rings is 1. The molecule has 1 aliphatic rings. The average molecular weight is 397 g/mol. The third-order valence-electron chi connectivity index (χ3n) is 5.10. The van der Waals surface area contributed by atoms with E-state index in [4.69, 9.17) is 4.52 Å². The van der Waals surface area contributed by atoms with Crippen molar-refractivity contribution in [3.63, 3.8) is 0 Å². The van der Waals surface area contributed by atoms with Gasteiger partial charge in [-0.05, 0) is 48.9 Å². The summed E-state index contributed by atoms with van der Waals surface area (Å²) in [6.07, 6.45) is 2.79. The van der Waals surface area contributed by atoms with Crippen LogP contribution in [-0.4, -0.2) is 34.0 Å². The molecule has 6 nitrogen and oxygen atoms in total. The molecule has 28 heavy (non-hydrogen) atoms. The predicted octanol–water partition coefficient (Wildman–Crippen LogP) is 4.21. The number of rotatable bonds is 6. The van der Waals surface area contributed by atoms with Gasteiger partial charge in [-0.1, -0.05) is 36.3 Å². The number of thiophene rings is 1. The quantitative estimate of drug-likeness (QED) is 0.676. The summed E-state index contributed by atoms with van der Waals surface area (Å²) in [5.74, 6) is 1.29. The summed E-state index contributed by atoms with van der Waals surface area (Å²) in [5.41, 5.74) is 2.08. The van der Waals surface area contributed by atoms with E-state index >= 15 is 0 Å². The zero-order valence-electron chi connectivity index (χ0n) is 15.9. The Morgan fingerprint density at radius 1 is 1.32 bits per heavy atom. The predicted molar refractivity (Wildman–Crippen MR) is 110 cm³/mol. The SMILES string of the molecule is CCc1ccccc1NC(=O)C1CCCN(Cc2nc(-c3cccs3)no2)C1. The highest BCUT2D eigenvalue weighted by molar-refractivity contribution is 7.13. The van der Waals surface area contributed by atoms with Crippen LogP contribution < -0.4 is 5.32 Å². The largest absolute Gasteiger partial charge is 0.338 e. The lowest BCUT2D eigenvalue weighted by molar-refractivity contribution is -0.121. The Hall–Kier alpha value is -2.51. The Kier molecular flexibility index (Phi) is 5.83. The van der Waals surface area contributed by atoms with Gasteiger partial charge in [0.05, 0.1) is 17.3 Å². The van der Waals surface area contributed by atoms with Crippen molar-refractivity contribution in [2.75, 3.05) is 18.4 Å². The number of para-hydroxylation sites is 1. The standard InChI is InChI=1S/C21H24N4O2S/c1-2-15-7-3-4-9-17(15)22-21(26)16-8-5-11-25(13-16)14-19-23-20(24-27-19)18-10-6-12-28-18/h3-4,6-7,9-10,12,16H,2,5,8,11,13-14H2,1H3,(H,22,26). The lowest BCUT2D eigenvalue weighted by atomic mass is 9.96. The highest BCUT2D eigenvalue weighted by Crippen LogP contribution is 2.24. The van der Waals surface area contributed by atoms with Crippen LogP contribution in [0.5, 0.6) is 0 Å². The van der Waals surface area contributed by atoms with Gasteiger partial charge in [-0.15, -0.1) is 11.3 Å². The van der Waals surface area contributed by atoms with Crippen molar-refractivity contribution in [3.8, 4) is 10.7 Å². The van der Waals surface area contributed by atoms with Crippen LogP contribution in [0.2, 0.25) is 0 Å². The van der Waals surface area contributed by atoms with Crippen LogP contribution in [0.3, 0.4) is 0 Å². The molecule has 0 spiro atoms. The molecule has 0 aliphatic carbocycles. The van der Waals surface area contributed by atoms with Gasteiger partial charge in [0.25, 0.3) is 0 Å². The van der Waals surface area contributed by atoms with E-state index in [9.17, 15) is 4.79 Å². The number of nitrogens with zero attached hydrogens (tertiary/aromatic N) is 3. The maximum absolute atomic E-state index is 12.8. The van der Waals surface area contributed by atoms with Crippen LogP contribution in [0.4, 0.5) is 5.69 Å². The van der Waals surface area contributed by atoms with E-state index in [-0.39, 0.29) is 11.8 Å². The second-order valence-electron chi connectivity index (χ2n) is 7.06. The minimum atomic E-state index is -0.0293. The molecular formula is C21H24N4O2S. The molecule has 1 N–H and O–H groups in total. The zero-order valence-corrected chi connectivity index (χ0v) is 16.7. The van der Waals surface area contributed by atoms with Crippen LogP contribution in [-0.2, 0) is 17.8 Å². The fourth-order valence-electron chi connectivity index (χ4n) is 3.61. The molecule has 1 amide bonds. The van der Waals surface area contributed by atoms with Crippen molar-refractivity contribution in [1.29, 1.82) is 0 Å². The van der Waals surface area contributed by atoms with Crippen LogP contribution in [0, 0.1) is 5.92 Å². The van der Waals surface area contributed by atoms with Gasteiger partial charge in [-0.25, -0.2) is 0 Å². The van der Waals surface area contributed by atoms with Crippen LogP contribution in [0.1, 0.15) is 31.2 Å². The highest BCUT2D eigenvalue weighted by atomic mass is 32.1. The van der Waals surface area contributed by atoms with Crippen LogP contribution in [0.15, 0.2) is 46.3 Å². The van der Waals surface area contributed by atoms with Gasteiger partial charge >= 0.3 is 0 Å². The Bertz CT molecular complexity index is 922. The number of aromatic nitrogens is 2. The molecule has 4 rings (SSSR count). The molecular weight excluding hydrogens is 372 g/mol. The summed E-state index contributed by atoms with van der Waals surface area (Å²) < 4.78 is 5.42. The van der Waals surface area contributed by atoms with Crippen molar-refractivity contribution in [1.82, 2.24) is 15.0 Å². The average Bonchev–Trinajstić information content (AvgIpc) is 3.40. The Morgan fingerprint density at radius 3 is 3.04 bits per heavy atom. The summed E-state index contributed by atoms with van der Waals surface area (Å²) in [5, 5.41) is 9.19. The third kappa shape index (κ3) is 4.31. The first kappa shape index (κ1) is 18.8. The van der Waals surface area contributed by atoms with E-state index in [1.807, 2.05) is 35.7 Å². The van der Waals surface area contributed by atoms with E-state index in [1.165, 1.54) is 0 Å². The fourth-order valence-corrected chi connectivity index (χ4v) is 4.26. The number of hydrogen-bond acceptors (Lipinski definition) is 6. The number of hydrogen-bond donors (Lipinski definition) is 1. The summed E-state index contributed by atoms with van der Waals surface area (Å²) >= 11 is 1.59. The van der Waals surface area contributed by atoms with Gasteiger partial charge in [0.15, 0.2) is 0 Å². The summed E-state index contributed by atoms with van der Waals surface area (Å²) in [6, 6.07) is 12.0. The molecule has 3 aromatic rings. The second kappa shape index (κ2) is 8.67. The number of carbonyl (C=O) groups excluding carboxylic acids is 1. The number of anilines is 1. The van der Waals surface area contributed by atoms with Crippen LogP contribution in [0.25, 0.3) is 10.7 Å². The normalized spacial score (nSPS) is 17.5. The molecule has 1 aromatic carbocycles. The minimum absolute atomic E-state index is 0.0293. The van der Waals surface area contributed by atoms with Crippen molar-refractivity contribution < 1.29 is 9.32 Å². The van der Waals surface area contributed by atoms with Crippen molar-refractivity contribution in [2.24, 2.45) is 5.92 Å². The molecule has 146 valence electrons. The maximum atomic E-state index is 12.8. The number of amides is 1. The topological polar surface area (TPSA) is 71.3 Å². The summed E-state index contributed by atoms with van der Waals surface area (Å²) in [4.78, 5) is 20.5. The number of aryl methyl sites for hydroxylation is 1. The van der Waals surface area contributed by atoms with E-state index in [0.717, 1.165) is 41.9 Å². The van der Waals surface area contributed by atoms with Gasteiger partial charge < -0.3 is 9.84 Å². The van der Waals surface area contributed by atoms with Gasteiger partial charge in [0, 0.05) is 12.2 Å². The van der Waals surface area contributed by atoms with Gasteiger partial charge in [-0.2, -0.15) is 4.98 Å². The maximum Gasteiger partial charge on any atom is 0.241 e. The number of nitrogens with one attached hydrogen (secondary N) is 1. The van der Waals surface area contributed by atoms with E-state index in [0.29, 0.717) is 24.8 Å². The van der Waals surface area contributed by atoms with E-state index in [1.54, 1.807) is 11.3 Å². The number of piperidine rings is 1.